The van der Waals surface area contributed by atoms with Crippen LogP contribution < -0.4 is 0 Å². The van der Waals surface area contributed by atoms with Gasteiger partial charge in [-0.3, -0.25) is 4.79 Å². The molecule has 1 saturated carbocycles. The Balaban J connectivity index is 1.82. The Kier molecular flexibility index (Phi) is 3.40. The van der Waals surface area contributed by atoms with Crippen molar-refractivity contribution >= 4 is 23.3 Å². The van der Waals surface area contributed by atoms with Gasteiger partial charge in [-0.25, -0.2) is 0 Å². The molecule has 100 valence electrons. The maximum atomic E-state index is 12.3. The first-order valence-electron chi connectivity index (χ1n) is 6.83. The molecule has 1 aliphatic heterocycles. The van der Waals surface area contributed by atoms with Crippen LogP contribution in [0.2, 0.25) is 0 Å². The number of carbonyl (C=O) groups excluding carboxylic acids is 1. The van der Waals surface area contributed by atoms with E-state index in [1.54, 1.807) is 17.8 Å². The molecule has 0 unspecified atom stereocenters. The lowest BCUT2D eigenvalue weighted by atomic mass is 9.82. The summed E-state index contributed by atoms with van der Waals surface area (Å²) in [5, 5.41) is 0. The molecule has 3 rings (SSSR count). The molecule has 0 bridgehead atoms. The summed E-state index contributed by atoms with van der Waals surface area (Å²) in [5.74, 6) is 0.913. The first-order valence-corrected chi connectivity index (χ1v) is 8.06. The average molecular weight is 274 g/mol. The first kappa shape index (κ1) is 12.8. The Labute approximate surface area is 118 Å². The molecule has 1 heterocycles. The monoisotopic (exact) mass is 274 g/mol. The Morgan fingerprint density at radius 3 is 2.42 bits per heavy atom. The van der Waals surface area contributed by atoms with Crippen LogP contribution >= 0.6 is 11.8 Å². The van der Waals surface area contributed by atoms with Gasteiger partial charge in [-0.2, -0.15) is 0 Å². The minimum atomic E-state index is -0.536. The number of ether oxygens (including phenoxy) is 1. The van der Waals surface area contributed by atoms with Gasteiger partial charge in [-0.05, 0) is 44.1 Å². The lowest BCUT2D eigenvalue weighted by Crippen LogP contribution is -2.38. The Morgan fingerprint density at radius 1 is 1.11 bits per heavy atom. The van der Waals surface area contributed by atoms with Crippen LogP contribution in [0.3, 0.4) is 0 Å². The maximum Gasteiger partial charge on any atom is 0.202 e. The van der Waals surface area contributed by atoms with Gasteiger partial charge in [0, 0.05) is 16.5 Å². The second kappa shape index (κ2) is 5.04. The van der Waals surface area contributed by atoms with E-state index in [1.807, 2.05) is 12.1 Å². The molecule has 1 spiro atoms. The molecule has 1 aliphatic carbocycles. The number of hydrogen-bond donors (Lipinski definition) is 0. The molecule has 1 aromatic rings. The van der Waals surface area contributed by atoms with Crippen LogP contribution in [0.1, 0.15) is 37.7 Å². The van der Waals surface area contributed by atoms with Crippen LogP contribution in [-0.2, 0) is 9.53 Å². The minimum absolute atomic E-state index is 0.163. The number of rotatable bonds is 2. The van der Waals surface area contributed by atoms with Crippen molar-refractivity contribution in [3.05, 3.63) is 35.9 Å². The van der Waals surface area contributed by atoms with E-state index in [-0.39, 0.29) is 5.78 Å². The van der Waals surface area contributed by atoms with Gasteiger partial charge in [0.25, 0.3) is 0 Å². The number of benzene rings is 1. The summed E-state index contributed by atoms with van der Waals surface area (Å²) in [4.78, 5) is 13.5. The maximum absolute atomic E-state index is 12.3. The standard InChI is InChI=1S/C16H18O2S/c1-19-13-7-5-12(6-8-13)14-11-15(17)16(18-14)9-3-2-4-10-16/h5-8,11H,2-4,9-10H2,1H3. The zero-order chi connectivity index (χ0) is 13.3. The lowest BCUT2D eigenvalue weighted by Gasteiger charge is -2.32. The van der Waals surface area contributed by atoms with E-state index in [1.165, 1.54) is 11.3 Å². The highest BCUT2D eigenvalue weighted by molar-refractivity contribution is 7.98. The van der Waals surface area contributed by atoms with E-state index in [9.17, 15) is 4.79 Å². The van der Waals surface area contributed by atoms with Gasteiger partial charge < -0.3 is 4.74 Å². The van der Waals surface area contributed by atoms with Crippen LogP contribution in [0.4, 0.5) is 0 Å². The molecule has 3 heteroatoms. The fourth-order valence-electron chi connectivity index (χ4n) is 2.91. The summed E-state index contributed by atoms with van der Waals surface area (Å²) in [7, 11) is 0. The van der Waals surface area contributed by atoms with Gasteiger partial charge >= 0.3 is 0 Å². The summed E-state index contributed by atoms with van der Waals surface area (Å²) in [6.07, 6.45) is 8.90. The van der Waals surface area contributed by atoms with Crippen molar-refractivity contribution in [3.63, 3.8) is 0 Å². The number of ketones is 1. The molecule has 2 nitrogen and oxygen atoms in total. The normalized spacial score (nSPS) is 21.3. The van der Waals surface area contributed by atoms with Crippen molar-refractivity contribution in [1.29, 1.82) is 0 Å². The van der Waals surface area contributed by atoms with E-state index >= 15 is 0 Å². The molecule has 1 fully saturated rings. The van der Waals surface area contributed by atoms with Crippen molar-refractivity contribution < 1.29 is 9.53 Å². The smallest absolute Gasteiger partial charge is 0.202 e. The molecule has 1 aromatic carbocycles. The number of hydrogen-bond acceptors (Lipinski definition) is 3. The summed E-state index contributed by atoms with van der Waals surface area (Å²) < 4.78 is 6.07. The van der Waals surface area contributed by atoms with Crippen LogP contribution in [0, 0.1) is 0 Å². The molecule has 2 aliphatic rings. The molecular formula is C16H18O2S. The first-order chi connectivity index (χ1) is 9.23. The van der Waals surface area contributed by atoms with Crippen molar-refractivity contribution in [2.24, 2.45) is 0 Å². The van der Waals surface area contributed by atoms with Gasteiger partial charge in [-0.15, -0.1) is 11.8 Å². The van der Waals surface area contributed by atoms with Gasteiger partial charge in [0.15, 0.2) is 5.60 Å². The van der Waals surface area contributed by atoms with E-state index in [2.05, 4.69) is 18.4 Å². The second-order valence-corrected chi connectivity index (χ2v) is 6.14. The van der Waals surface area contributed by atoms with E-state index < -0.39 is 5.60 Å². The largest absolute Gasteiger partial charge is 0.478 e. The number of carbonyl (C=O) groups is 1. The second-order valence-electron chi connectivity index (χ2n) is 5.26. The topological polar surface area (TPSA) is 26.3 Å². The molecule has 0 aromatic heterocycles. The predicted molar refractivity (Wildman–Crippen MR) is 78.1 cm³/mol. The lowest BCUT2D eigenvalue weighted by molar-refractivity contribution is -0.131. The van der Waals surface area contributed by atoms with E-state index in [0.29, 0.717) is 0 Å². The SMILES string of the molecule is CSc1ccc(C2=CC(=O)C3(CCCCC3)O2)cc1. The third-order valence-electron chi connectivity index (χ3n) is 4.05. The van der Waals surface area contributed by atoms with E-state index in [0.717, 1.165) is 37.0 Å². The van der Waals surface area contributed by atoms with Crippen molar-refractivity contribution in [3.8, 4) is 0 Å². The Hall–Kier alpha value is -1.22. The molecule has 0 saturated heterocycles. The highest BCUT2D eigenvalue weighted by Crippen LogP contribution is 2.41. The predicted octanol–water partition coefficient (Wildman–Crippen LogP) is 4.05. The van der Waals surface area contributed by atoms with Gasteiger partial charge in [0.1, 0.15) is 5.76 Å². The average Bonchev–Trinajstić information content (AvgIpc) is 2.77. The number of thioether (sulfide) groups is 1. The van der Waals surface area contributed by atoms with E-state index in [4.69, 9.17) is 4.74 Å². The van der Waals surface area contributed by atoms with Gasteiger partial charge in [0.2, 0.25) is 5.78 Å². The zero-order valence-electron chi connectivity index (χ0n) is 11.1. The third kappa shape index (κ3) is 2.32. The molecular weight excluding hydrogens is 256 g/mol. The van der Waals surface area contributed by atoms with Crippen LogP contribution in [-0.4, -0.2) is 17.6 Å². The highest BCUT2D eigenvalue weighted by atomic mass is 32.2. The van der Waals surface area contributed by atoms with Crippen molar-refractivity contribution in [1.82, 2.24) is 0 Å². The van der Waals surface area contributed by atoms with Crippen LogP contribution in [0.25, 0.3) is 5.76 Å². The van der Waals surface area contributed by atoms with Gasteiger partial charge in [-0.1, -0.05) is 18.6 Å². The molecule has 0 radical (unpaired) electrons. The van der Waals surface area contributed by atoms with Gasteiger partial charge in [0.05, 0.1) is 0 Å². The zero-order valence-corrected chi connectivity index (χ0v) is 12.0. The third-order valence-corrected chi connectivity index (χ3v) is 4.80. The Bertz CT molecular complexity index is 510. The highest BCUT2D eigenvalue weighted by Gasteiger charge is 2.45. The van der Waals surface area contributed by atoms with Crippen LogP contribution in [0.15, 0.2) is 35.2 Å². The summed E-state index contributed by atoms with van der Waals surface area (Å²) in [6.45, 7) is 0. The molecule has 0 atom stereocenters. The minimum Gasteiger partial charge on any atom is -0.478 e. The summed E-state index contributed by atoms with van der Waals surface area (Å²) >= 11 is 1.71. The molecule has 19 heavy (non-hydrogen) atoms. The van der Waals surface area contributed by atoms with Crippen LogP contribution in [0.5, 0.6) is 0 Å². The van der Waals surface area contributed by atoms with Crippen molar-refractivity contribution in [2.45, 2.75) is 42.6 Å². The molecule has 0 amide bonds. The summed E-state index contributed by atoms with van der Waals surface area (Å²) in [6, 6.07) is 8.21. The summed E-state index contributed by atoms with van der Waals surface area (Å²) in [5.41, 5.74) is 0.472. The molecule has 0 N–H and O–H groups in total. The quantitative estimate of drug-likeness (QED) is 0.761. The fraction of sp³-hybridized carbons (Fsp3) is 0.438. The van der Waals surface area contributed by atoms with Crippen molar-refractivity contribution in [2.75, 3.05) is 6.26 Å². The fourth-order valence-corrected chi connectivity index (χ4v) is 3.32. The Morgan fingerprint density at radius 2 is 1.79 bits per heavy atom.